The summed E-state index contributed by atoms with van der Waals surface area (Å²) >= 11 is 6.71. The van der Waals surface area contributed by atoms with Crippen molar-refractivity contribution in [1.82, 2.24) is 0 Å². The summed E-state index contributed by atoms with van der Waals surface area (Å²) in [7, 11) is 0. The van der Waals surface area contributed by atoms with E-state index >= 15 is 0 Å². The molecule has 4 atom stereocenters. The van der Waals surface area contributed by atoms with E-state index in [1.807, 2.05) is 38.1 Å². The minimum absolute atomic E-state index is 0.229. The van der Waals surface area contributed by atoms with Gasteiger partial charge in [-0.15, -0.1) is 0 Å². The van der Waals surface area contributed by atoms with Gasteiger partial charge >= 0.3 is 0 Å². The van der Waals surface area contributed by atoms with Crippen molar-refractivity contribution in [2.75, 3.05) is 5.32 Å². The minimum Gasteiger partial charge on any atom is -0.388 e. The molecule has 6 rings (SSSR count). The van der Waals surface area contributed by atoms with Crippen LogP contribution in [0.4, 0.5) is 5.69 Å². The first kappa shape index (κ1) is 21.8. The zero-order valence-electron chi connectivity index (χ0n) is 19.4. The van der Waals surface area contributed by atoms with Crippen molar-refractivity contribution in [3.8, 4) is 0 Å². The first-order chi connectivity index (χ1) is 16.3. The molecule has 0 amide bonds. The molecule has 1 saturated heterocycles. The summed E-state index contributed by atoms with van der Waals surface area (Å²) < 4.78 is 6.17. The van der Waals surface area contributed by atoms with Gasteiger partial charge in [0.2, 0.25) is 0 Å². The second-order valence-corrected chi connectivity index (χ2v) is 10.4. The SMILES string of the molecule is CCC[C@]12CC(O[C@H](C)[C@H]1O)c1cc(Cl)c3c(c1N2)C(=O)c1ccc2cc(C)ccc2c1C3=O. The molecule has 2 heterocycles. The average Bonchev–Trinajstić information content (AvgIpc) is 2.80. The predicted octanol–water partition coefficient (Wildman–Crippen LogP) is 5.75. The van der Waals surface area contributed by atoms with Gasteiger partial charge in [-0.3, -0.25) is 9.59 Å². The lowest BCUT2D eigenvalue weighted by atomic mass is 9.71. The Bertz CT molecular complexity index is 1410. The number of nitrogens with one attached hydrogen (secondary N) is 1. The van der Waals surface area contributed by atoms with Crippen LogP contribution in [0.1, 0.15) is 82.2 Å². The summed E-state index contributed by atoms with van der Waals surface area (Å²) in [6.07, 6.45) is 0.740. The third kappa shape index (κ3) is 2.81. The summed E-state index contributed by atoms with van der Waals surface area (Å²) in [4.78, 5) is 27.8. The predicted molar refractivity (Wildman–Crippen MR) is 132 cm³/mol. The van der Waals surface area contributed by atoms with Crippen molar-refractivity contribution >= 4 is 39.6 Å². The quantitative estimate of drug-likeness (QED) is 0.386. The smallest absolute Gasteiger partial charge is 0.196 e. The van der Waals surface area contributed by atoms with Crippen molar-refractivity contribution in [2.24, 2.45) is 0 Å². The van der Waals surface area contributed by atoms with E-state index in [2.05, 4.69) is 12.2 Å². The highest BCUT2D eigenvalue weighted by molar-refractivity contribution is 6.41. The number of carbonyl (C=O) groups excluding carboxylic acids is 2. The number of halogens is 1. The molecule has 2 aliphatic heterocycles. The van der Waals surface area contributed by atoms with E-state index in [4.69, 9.17) is 16.3 Å². The molecular formula is C28H26ClNO4. The number of ether oxygens (including phenoxy) is 1. The van der Waals surface area contributed by atoms with Gasteiger partial charge in [0.1, 0.15) is 6.10 Å². The molecule has 1 unspecified atom stereocenters. The first-order valence-corrected chi connectivity index (χ1v) is 12.2. The molecule has 0 aromatic heterocycles. The lowest BCUT2D eigenvalue weighted by Crippen LogP contribution is -2.61. The molecule has 174 valence electrons. The molecule has 5 nitrogen and oxygen atoms in total. The number of benzene rings is 3. The summed E-state index contributed by atoms with van der Waals surface area (Å²) in [5, 5.41) is 16.6. The minimum atomic E-state index is -0.739. The molecule has 0 saturated carbocycles. The molecular weight excluding hydrogens is 450 g/mol. The van der Waals surface area contributed by atoms with Crippen LogP contribution in [-0.2, 0) is 4.74 Å². The second-order valence-electron chi connectivity index (χ2n) is 9.95. The van der Waals surface area contributed by atoms with Crippen molar-refractivity contribution < 1.29 is 19.4 Å². The highest BCUT2D eigenvalue weighted by Crippen LogP contribution is 2.52. The number of aliphatic hydroxyl groups is 1. The Morgan fingerprint density at radius 1 is 1.12 bits per heavy atom. The van der Waals surface area contributed by atoms with Crippen molar-refractivity contribution in [3.05, 3.63) is 74.8 Å². The molecule has 1 aliphatic carbocycles. The third-order valence-electron chi connectivity index (χ3n) is 7.77. The van der Waals surface area contributed by atoms with Crippen LogP contribution < -0.4 is 5.32 Å². The van der Waals surface area contributed by atoms with Crippen LogP contribution in [-0.4, -0.2) is 34.4 Å². The lowest BCUT2D eigenvalue weighted by Gasteiger charge is -2.53. The molecule has 2 bridgehead atoms. The van der Waals surface area contributed by atoms with Crippen LogP contribution >= 0.6 is 11.6 Å². The standard InChI is InChI=1S/C28H26ClNO4/c1-4-9-28-12-20(34-14(3)27(28)33)18-11-19(29)22-23(24(18)30-28)25(31)17-8-6-15-10-13(2)5-7-16(15)21(17)26(22)32/h5-8,10-11,14,20,27,30,33H,4,9,12H2,1-3H3/t14-,20?,27-,28+/m1/s1. The number of hydrogen-bond acceptors (Lipinski definition) is 5. The normalized spacial score (nSPS) is 27.1. The van der Waals surface area contributed by atoms with Gasteiger partial charge in [-0.05, 0) is 43.2 Å². The van der Waals surface area contributed by atoms with E-state index in [0.29, 0.717) is 28.8 Å². The van der Waals surface area contributed by atoms with E-state index in [0.717, 1.165) is 34.7 Å². The highest BCUT2D eigenvalue weighted by Gasteiger charge is 2.52. The topological polar surface area (TPSA) is 75.6 Å². The fraction of sp³-hybridized carbons (Fsp3) is 0.357. The number of hydrogen-bond donors (Lipinski definition) is 2. The Labute approximate surface area is 203 Å². The number of fused-ring (bicyclic) bond motifs is 9. The van der Waals surface area contributed by atoms with E-state index < -0.39 is 11.6 Å². The molecule has 0 spiro atoms. The maximum Gasteiger partial charge on any atom is 0.196 e. The van der Waals surface area contributed by atoms with E-state index in [9.17, 15) is 14.7 Å². The van der Waals surface area contributed by atoms with Gasteiger partial charge in [0, 0.05) is 23.1 Å². The maximum atomic E-state index is 14.0. The van der Waals surface area contributed by atoms with Crippen LogP contribution in [0, 0.1) is 6.92 Å². The fourth-order valence-corrected chi connectivity index (χ4v) is 6.55. The Morgan fingerprint density at radius 2 is 1.91 bits per heavy atom. The van der Waals surface area contributed by atoms with Gasteiger partial charge in [0.05, 0.1) is 39.6 Å². The third-order valence-corrected chi connectivity index (χ3v) is 8.07. The largest absolute Gasteiger partial charge is 0.388 e. The zero-order valence-corrected chi connectivity index (χ0v) is 20.1. The number of carbonyl (C=O) groups is 2. The zero-order chi connectivity index (χ0) is 23.9. The van der Waals surface area contributed by atoms with Gasteiger partial charge in [0.15, 0.2) is 11.6 Å². The average molecular weight is 476 g/mol. The number of anilines is 1. The number of ketones is 2. The van der Waals surface area contributed by atoms with Crippen LogP contribution in [0.15, 0.2) is 36.4 Å². The molecule has 3 aromatic carbocycles. The molecule has 1 fully saturated rings. The molecule has 0 radical (unpaired) electrons. The first-order valence-electron chi connectivity index (χ1n) is 11.9. The van der Waals surface area contributed by atoms with Crippen LogP contribution in [0.25, 0.3) is 10.8 Å². The van der Waals surface area contributed by atoms with Gasteiger partial charge < -0.3 is 15.2 Å². The van der Waals surface area contributed by atoms with Crippen LogP contribution in [0.2, 0.25) is 5.02 Å². The van der Waals surface area contributed by atoms with Gasteiger partial charge in [-0.2, -0.15) is 0 Å². The maximum absolute atomic E-state index is 14.0. The van der Waals surface area contributed by atoms with E-state index in [1.54, 1.807) is 12.1 Å². The Balaban J connectivity index is 1.61. The lowest BCUT2D eigenvalue weighted by molar-refractivity contribution is -0.147. The molecule has 2 N–H and O–H groups in total. The highest BCUT2D eigenvalue weighted by atomic mass is 35.5. The monoisotopic (exact) mass is 475 g/mol. The Kier molecular flexibility index (Phi) is 4.73. The number of aryl methyl sites for hydroxylation is 1. The van der Waals surface area contributed by atoms with Crippen LogP contribution in [0.3, 0.4) is 0 Å². The fourth-order valence-electron chi connectivity index (χ4n) is 6.25. The Morgan fingerprint density at radius 3 is 2.68 bits per heavy atom. The summed E-state index contributed by atoms with van der Waals surface area (Å²) in [6.45, 7) is 5.94. The summed E-state index contributed by atoms with van der Waals surface area (Å²) in [6, 6.07) is 11.3. The summed E-state index contributed by atoms with van der Waals surface area (Å²) in [5.74, 6) is -0.476. The van der Waals surface area contributed by atoms with Crippen molar-refractivity contribution in [3.63, 3.8) is 0 Å². The van der Waals surface area contributed by atoms with Gasteiger partial charge in [0.25, 0.3) is 0 Å². The summed E-state index contributed by atoms with van der Waals surface area (Å²) in [5.41, 5.74) is 3.11. The van der Waals surface area contributed by atoms with Crippen molar-refractivity contribution in [2.45, 2.75) is 63.9 Å². The molecule has 34 heavy (non-hydrogen) atoms. The molecule has 3 aliphatic rings. The van der Waals surface area contributed by atoms with E-state index in [-0.39, 0.29) is 34.4 Å². The molecule has 6 heteroatoms. The number of rotatable bonds is 2. The van der Waals surface area contributed by atoms with Gasteiger partial charge in [-0.1, -0.05) is 54.8 Å². The molecule has 3 aromatic rings. The number of aliphatic hydroxyl groups excluding tert-OH is 1. The van der Waals surface area contributed by atoms with Crippen molar-refractivity contribution in [1.29, 1.82) is 0 Å². The second kappa shape index (κ2) is 7.38. The Hall–Kier alpha value is -2.73. The van der Waals surface area contributed by atoms with Crippen LogP contribution in [0.5, 0.6) is 0 Å². The van der Waals surface area contributed by atoms with Gasteiger partial charge in [-0.25, -0.2) is 0 Å². The van der Waals surface area contributed by atoms with E-state index in [1.165, 1.54) is 0 Å².